The molecule has 0 amide bonds. The Morgan fingerprint density at radius 3 is 2.73 bits per heavy atom. The van der Waals surface area contributed by atoms with Crippen LogP contribution in [0.25, 0.3) is 16.5 Å². The Hall–Kier alpha value is -4.04. The van der Waals surface area contributed by atoms with E-state index in [1.165, 1.54) is 0 Å². The predicted octanol–water partition coefficient (Wildman–Crippen LogP) is 5.38. The Morgan fingerprint density at radius 2 is 1.98 bits per heavy atom. The first-order valence-electron chi connectivity index (χ1n) is 13.7. The second kappa shape index (κ2) is 9.86. The summed E-state index contributed by atoms with van der Waals surface area (Å²) in [5.41, 5.74) is 4.33. The third kappa shape index (κ3) is 4.46. The Kier molecular flexibility index (Phi) is 6.45. The molecule has 3 aromatic rings. The summed E-state index contributed by atoms with van der Waals surface area (Å²) in [7, 11) is 1.60. The molecule has 2 N–H and O–H groups in total. The van der Waals surface area contributed by atoms with Crippen LogP contribution in [0, 0.1) is 0 Å². The monoisotopic (exact) mass is 543 g/mol. The van der Waals surface area contributed by atoms with E-state index in [9.17, 15) is 14.7 Å². The number of nitrogens with one attached hydrogen (secondary N) is 1. The van der Waals surface area contributed by atoms with Gasteiger partial charge in [0, 0.05) is 42.1 Å². The number of fused-ring (bicyclic) bond motifs is 3. The molecule has 2 unspecified atom stereocenters. The lowest BCUT2D eigenvalue weighted by molar-refractivity contribution is -0.141. The molecule has 8 heteroatoms. The highest BCUT2D eigenvalue weighted by Gasteiger charge is 2.40. The number of rotatable bonds is 5. The zero-order valence-electron chi connectivity index (χ0n) is 23.1. The van der Waals surface area contributed by atoms with Gasteiger partial charge in [0.15, 0.2) is 0 Å². The van der Waals surface area contributed by atoms with Crippen molar-refractivity contribution in [2.75, 3.05) is 13.7 Å². The highest BCUT2D eigenvalue weighted by Crippen LogP contribution is 2.52. The fraction of sp³-hybridized carbons (Fsp3) is 0.375. The molecule has 0 radical (unpaired) electrons. The summed E-state index contributed by atoms with van der Waals surface area (Å²) in [5.74, 6) is 0.951. The van der Waals surface area contributed by atoms with Gasteiger partial charge in [0.2, 0.25) is 5.76 Å². The number of ether oxygens (including phenoxy) is 4. The number of hydrogen-bond acceptors (Lipinski definition) is 7. The molecule has 208 valence electrons. The molecule has 3 aliphatic rings. The van der Waals surface area contributed by atoms with Crippen LogP contribution in [-0.4, -0.2) is 47.3 Å². The molecule has 1 fully saturated rings. The van der Waals surface area contributed by atoms with E-state index in [0.29, 0.717) is 42.9 Å². The van der Waals surface area contributed by atoms with Crippen molar-refractivity contribution in [1.82, 2.24) is 4.98 Å². The molecular formula is C32H33NO7. The van der Waals surface area contributed by atoms with Crippen molar-refractivity contribution in [2.45, 2.75) is 64.1 Å². The lowest BCUT2D eigenvalue weighted by Crippen LogP contribution is -2.39. The number of hydrogen-bond donors (Lipinski definition) is 2. The lowest BCUT2D eigenvalue weighted by Gasteiger charge is -2.29. The van der Waals surface area contributed by atoms with Gasteiger partial charge < -0.3 is 29.0 Å². The molecule has 40 heavy (non-hydrogen) atoms. The van der Waals surface area contributed by atoms with Gasteiger partial charge >= 0.3 is 5.97 Å². The maximum absolute atomic E-state index is 13.2. The number of H-pyrrole nitrogens is 1. The van der Waals surface area contributed by atoms with Crippen molar-refractivity contribution in [3.63, 3.8) is 0 Å². The Morgan fingerprint density at radius 1 is 1.15 bits per heavy atom. The molecule has 0 spiro atoms. The minimum Gasteiger partial charge on any atom is -0.496 e. The average Bonchev–Trinajstić information content (AvgIpc) is 3.58. The Bertz CT molecular complexity index is 1590. The molecule has 3 heterocycles. The number of carbonyl (C=O) groups is 2. The number of benzene rings is 2. The summed E-state index contributed by atoms with van der Waals surface area (Å²) >= 11 is 0. The number of esters is 1. The number of aromatic nitrogens is 1. The van der Waals surface area contributed by atoms with Gasteiger partial charge in [-0.05, 0) is 74.4 Å². The second-order valence-electron chi connectivity index (χ2n) is 11.1. The van der Waals surface area contributed by atoms with Crippen LogP contribution in [0.1, 0.15) is 62.6 Å². The van der Waals surface area contributed by atoms with Crippen molar-refractivity contribution in [3.8, 4) is 17.2 Å². The molecule has 6 rings (SSSR count). The fourth-order valence-electron chi connectivity index (χ4n) is 5.97. The van der Waals surface area contributed by atoms with E-state index >= 15 is 0 Å². The summed E-state index contributed by atoms with van der Waals surface area (Å²) in [6.07, 6.45) is 5.08. The van der Waals surface area contributed by atoms with Gasteiger partial charge in [-0.15, -0.1) is 0 Å². The largest absolute Gasteiger partial charge is 0.496 e. The van der Waals surface area contributed by atoms with Crippen LogP contribution in [-0.2, 0) is 20.7 Å². The van der Waals surface area contributed by atoms with Crippen molar-refractivity contribution in [2.24, 2.45) is 0 Å². The number of methoxy groups -OCH3 is 1. The van der Waals surface area contributed by atoms with Gasteiger partial charge in [-0.3, -0.25) is 4.79 Å². The molecule has 2 atom stereocenters. The van der Waals surface area contributed by atoms with Crippen molar-refractivity contribution in [3.05, 3.63) is 70.6 Å². The minimum atomic E-state index is -1.07. The second-order valence-corrected chi connectivity index (χ2v) is 11.1. The number of carbonyl (C=O) groups excluding carboxylic acids is 2. The highest BCUT2D eigenvalue weighted by atomic mass is 16.6. The van der Waals surface area contributed by atoms with E-state index in [-0.39, 0.29) is 24.1 Å². The SMILES string of the molecule is CCOC(=O)C1=CC(=C2CCC(=O)C(c3ccc4[nH]ccc4c3)C2)c2c(cc3c(c2OC)CC(C(C)(C)O)O3)O1. The number of allylic oxidation sites excluding steroid dienone is 3. The number of aliphatic hydroxyl groups is 1. The fourth-order valence-corrected chi connectivity index (χ4v) is 5.97. The van der Waals surface area contributed by atoms with Crippen LogP contribution < -0.4 is 14.2 Å². The first-order chi connectivity index (χ1) is 19.2. The van der Waals surface area contributed by atoms with E-state index in [1.54, 1.807) is 40.0 Å². The number of ketones is 1. The van der Waals surface area contributed by atoms with Crippen LogP contribution in [0.2, 0.25) is 0 Å². The van der Waals surface area contributed by atoms with Crippen molar-refractivity contribution in [1.29, 1.82) is 0 Å². The first-order valence-corrected chi connectivity index (χ1v) is 13.7. The highest BCUT2D eigenvalue weighted by molar-refractivity contribution is 5.98. The molecule has 8 nitrogen and oxygen atoms in total. The molecule has 1 saturated carbocycles. The molecule has 1 aliphatic carbocycles. The van der Waals surface area contributed by atoms with Crippen LogP contribution in [0.4, 0.5) is 0 Å². The predicted molar refractivity (Wildman–Crippen MR) is 150 cm³/mol. The number of Topliss-reactive ketones (excluding diaryl/α,β-unsaturated/α-hetero) is 1. The van der Waals surface area contributed by atoms with Crippen LogP contribution >= 0.6 is 0 Å². The molecular weight excluding hydrogens is 510 g/mol. The molecule has 2 aliphatic heterocycles. The van der Waals surface area contributed by atoms with Gasteiger partial charge in [-0.2, -0.15) is 0 Å². The first kappa shape index (κ1) is 26.2. The van der Waals surface area contributed by atoms with E-state index in [4.69, 9.17) is 18.9 Å². The van der Waals surface area contributed by atoms with Crippen LogP contribution in [0.5, 0.6) is 17.2 Å². The summed E-state index contributed by atoms with van der Waals surface area (Å²) in [6.45, 7) is 5.38. The van der Waals surface area contributed by atoms with Crippen LogP contribution in [0.15, 0.2) is 53.9 Å². The quantitative estimate of drug-likeness (QED) is 0.416. The Balaban J connectivity index is 1.49. The molecule has 2 aromatic carbocycles. The minimum absolute atomic E-state index is 0.0677. The standard InChI is InChI=1S/C32H33NO7/c1-5-38-31(35)27-14-21(18-7-9-24(34)20(13-18)17-6-8-23-19(12-17)10-11-33-23)29-26(39-27)16-25-22(30(29)37-4)15-28(40-25)32(2,3)36/h6,8,10-12,14,16,20,28,33,36H,5,7,9,13,15H2,1-4H3. The zero-order valence-corrected chi connectivity index (χ0v) is 23.1. The molecule has 1 aromatic heterocycles. The topological polar surface area (TPSA) is 107 Å². The molecule has 0 bridgehead atoms. The maximum Gasteiger partial charge on any atom is 0.374 e. The summed E-state index contributed by atoms with van der Waals surface area (Å²) < 4.78 is 23.4. The van der Waals surface area contributed by atoms with E-state index in [0.717, 1.165) is 38.7 Å². The summed E-state index contributed by atoms with van der Waals surface area (Å²) in [6, 6.07) is 9.85. The summed E-state index contributed by atoms with van der Waals surface area (Å²) in [5, 5.41) is 11.7. The smallest absolute Gasteiger partial charge is 0.374 e. The van der Waals surface area contributed by atoms with E-state index in [2.05, 4.69) is 11.1 Å². The normalized spacial score (nSPS) is 22.2. The van der Waals surface area contributed by atoms with Crippen molar-refractivity contribution < 1.29 is 33.6 Å². The summed E-state index contributed by atoms with van der Waals surface area (Å²) in [4.78, 5) is 29.3. The Labute approximate surface area is 232 Å². The third-order valence-corrected chi connectivity index (χ3v) is 8.07. The van der Waals surface area contributed by atoms with Gasteiger partial charge in [-0.1, -0.05) is 11.6 Å². The maximum atomic E-state index is 13.2. The van der Waals surface area contributed by atoms with Gasteiger partial charge in [0.05, 0.1) is 24.9 Å². The zero-order chi connectivity index (χ0) is 28.2. The van der Waals surface area contributed by atoms with E-state index in [1.807, 2.05) is 24.4 Å². The van der Waals surface area contributed by atoms with Crippen molar-refractivity contribution >= 4 is 28.2 Å². The van der Waals surface area contributed by atoms with Gasteiger partial charge in [0.25, 0.3) is 0 Å². The van der Waals surface area contributed by atoms with Gasteiger partial charge in [-0.25, -0.2) is 4.79 Å². The lowest BCUT2D eigenvalue weighted by atomic mass is 9.77. The van der Waals surface area contributed by atoms with Gasteiger partial charge in [0.1, 0.15) is 29.1 Å². The van der Waals surface area contributed by atoms with E-state index < -0.39 is 17.7 Å². The average molecular weight is 544 g/mol. The third-order valence-electron chi connectivity index (χ3n) is 8.07. The van der Waals surface area contributed by atoms with Crippen LogP contribution in [0.3, 0.4) is 0 Å². The molecule has 0 saturated heterocycles. The number of aromatic amines is 1.